The normalized spacial score (nSPS) is 10.5. The zero-order valence-electron chi connectivity index (χ0n) is 7.32. The first-order chi connectivity index (χ1) is 7.11. The Bertz CT molecular complexity index is 606. The Kier molecular flexibility index (Phi) is 1.96. The molecule has 0 aromatic carbocycles. The van der Waals surface area contributed by atoms with Crippen LogP contribution in [0.4, 0.5) is 4.39 Å². The first kappa shape index (κ1) is 9.32. The standard InChI is InChI=1S/C9H5FN2O3/c10-6-4-2-1-3-11-7(4)12-8(13)5(6)9(14)15/h1-3H,(H,14,15)(H,11,12,13). The van der Waals surface area contributed by atoms with Crippen LogP contribution in [-0.4, -0.2) is 21.0 Å². The minimum absolute atomic E-state index is 0.0190. The van der Waals surface area contributed by atoms with Gasteiger partial charge in [-0.3, -0.25) is 4.79 Å². The van der Waals surface area contributed by atoms with Crippen molar-refractivity contribution < 1.29 is 14.3 Å². The Balaban J connectivity index is 2.97. The number of nitrogens with one attached hydrogen (secondary N) is 1. The van der Waals surface area contributed by atoms with Crippen LogP contribution in [0.1, 0.15) is 10.4 Å². The molecule has 2 heterocycles. The third-order valence-electron chi connectivity index (χ3n) is 1.94. The van der Waals surface area contributed by atoms with E-state index in [2.05, 4.69) is 9.97 Å². The maximum atomic E-state index is 13.5. The van der Waals surface area contributed by atoms with Crippen molar-refractivity contribution in [3.63, 3.8) is 0 Å². The molecule has 76 valence electrons. The largest absolute Gasteiger partial charge is 0.477 e. The highest BCUT2D eigenvalue weighted by Crippen LogP contribution is 2.13. The van der Waals surface area contributed by atoms with E-state index in [0.717, 1.165) is 0 Å². The molecule has 2 aromatic heterocycles. The van der Waals surface area contributed by atoms with E-state index < -0.39 is 22.9 Å². The van der Waals surface area contributed by atoms with E-state index in [0.29, 0.717) is 0 Å². The maximum absolute atomic E-state index is 13.5. The van der Waals surface area contributed by atoms with E-state index in [1.165, 1.54) is 18.3 Å². The molecule has 0 amide bonds. The number of rotatable bonds is 1. The molecule has 0 saturated heterocycles. The molecular formula is C9H5FN2O3. The number of fused-ring (bicyclic) bond motifs is 1. The van der Waals surface area contributed by atoms with Crippen molar-refractivity contribution >= 4 is 17.0 Å². The summed E-state index contributed by atoms with van der Waals surface area (Å²) in [7, 11) is 0. The van der Waals surface area contributed by atoms with Gasteiger partial charge in [-0.2, -0.15) is 0 Å². The fourth-order valence-corrected chi connectivity index (χ4v) is 1.28. The van der Waals surface area contributed by atoms with Crippen LogP contribution in [0, 0.1) is 5.82 Å². The molecule has 2 rings (SSSR count). The molecule has 0 aliphatic heterocycles. The van der Waals surface area contributed by atoms with E-state index in [1.54, 1.807) is 0 Å². The van der Waals surface area contributed by atoms with Crippen LogP contribution in [0.2, 0.25) is 0 Å². The molecule has 0 aliphatic carbocycles. The summed E-state index contributed by atoms with van der Waals surface area (Å²) in [6.45, 7) is 0. The molecule has 0 atom stereocenters. The number of H-pyrrole nitrogens is 1. The molecule has 0 unspecified atom stereocenters. The second kappa shape index (κ2) is 3.16. The first-order valence-electron chi connectivity index (χ1n) is 4.01. The zero-order valence-corrected chi connectivity index (χ0v) is 7.32. The van der Waals surface area contributed by atoms with Crippen LogP contribution in [0.25, 0.3) is 11.0 Å². The van der Waals surface area contributed by atoms with Crippen LogP contribution < -0.4 is 5.56 Å². The van der Waals surface area contributed by atoms with Gasteiger partial charge < -0.3 is 10.1 Å². The van der Waals surface area contributed by atoms with Crippen molar-refractivity contribution in [3.05, 3.63) is 40.1 Å². The van der Waals surface area contributed by atoms with Crippen molar-refractivity contribution in [1.82, 2.24) is 9.97 Å². The molecular weight excluding hydrogens is 203 g/mol. The van der Waals surface area contributed by atoms with Crippen LogP contribution in [-0.2, 0) is 0 Å². The number of nitrogens with zero attached hydrogens (tertiary/aromatic N) is 1. The number of halogens is 1. The number of aromatic nitrogens is 2. The Labute approximate surface area is 82.2 Å². The Hall–Kier alpha value is -2.24. The average Bonchev–Trinajstić information content (AvgIpc) is 2.17. The van der Waals surface area contributed by atoms with Gasteiger partial charge in [0.25, 0.3) is 5.56 Å². The number of hydrogen-bond donors (Lipinski definition) is 2. The smallest absolute Gasteiger partial charge is 0.344 e. The summed E-state index contributed by atoms with van der Waals surface area (Å²) in [6.07, 6.45) is 1.37. The van der Waals surface area contributed by atoms with Gasteiger partial charge in [-0.1, -0.05) is 0 Å². The highest BCUT2D eigenvalue weighted by molar-refractivity contribution is 5.92. The van der Waals surface area contributed by atoms with Crippen molar-refractivity contribution in [2.75, 3.05) is 0 Å². The highest BCUT2D eigenvalue weighted by atomic mass is 19.1. The number of carboxylic acid groups (broad SMARTS) is 1. The van der Waals surface area contributed by atoms with Gasteiger partial charge in [0.05, 0.1) is 5.39 Å². The summed E-state index contributed by atoms with van der Waals surface area (Å²) < 4.78 is 13.5. The maximum Gasteiger partial charge on any atom is 0.344 e. The zero-order chi connectivity index (χ0) is 11.0. The van der Waals surface area contributed by atoms with Gasteiger partial charge in [-0.25, -0.2) is 14.2 Å². The van der Waals surface area contributed by atoms with Gasteiger partial charge in [0.2, 0.25) is 0 Å². The molecule has 0 radical (unpaired) electrons. The fraction of sp³-hybridized carbons (Fsp3) is 0. The second-order valence-electron chi connectivity index (χ2n) is 2.85. The fourth-order valence-electron chi connectivity index (χ4n) is 1.28. The second-order valence-corrected chi connectivity index (χ2v) is 2.85. The molecule has 0 saturated carbocycles. The lowest BCUT2D eigenvalue weighted by Gasteiger charge is -2.00. The summed E-state index contributed by atoms with van der Waals surface area (Å²) in [5.41, 5.74) is -1.85. The third kappa shape index (κ3) is 1.35. The number of hydrogen-bond acceptors (Lipinski definition) is 3. The predicted molar refractivity (Wildman–Crippen MR) is 49.3 cm³/mol. The van der Waals surface area contributed by atoms with E-state index in [1.807, 2.05) is 0 Å². The molecule has 6 heteroatoms. The lowest BCUT2D eigenvalue weighted by molar-refractivity contribution is 0.0690. The van der Waals surface area contributed by atoms with Crippen LogP contribution >= 0.6 is 0 Å². The minimum Gasteiger partial charge on any atom is -0.477 e. The monoisotopic (exact) mass is 208 g/mol. The van der Waals surface area contributed by atoms with Gasteiger partial charge >= 0.3 is 5.97 Å². The van der Waals surface area contributed by atoms with Crippen molar-refractivity contribution in [3.8, 4) is 0 Å². The molecule has 0 spiro atoms. The van der Waals surface area contributed by atoms with E-state index in [4.69, 9.17) is 5.11 Å². The molecule has 2 N–H and O–H groups in total. The molecule has 0 fully saturated rings. The van der Waals surface area contributed by atoms with Crippen LogP contribution in [0.5, 0.6) is 0 Å². The number of carboxylic acids is 1. The third-order valence-corrected chi connectivity index (χ3v) is 1.94. The molecule has 5 nitrogen and oxygen atoms in total. The first-order valence-corrected chi connectivity index (χ1v) is 4.01. The lowest BCUT2D eigenvalue weighted by Crippen LogP contribution is -2.20. The SMILES string of the molecule is O=C(O)c1c(F)c2cccnc2[nH]c1=O. The van der Waals surface area contributed by atoms with Crippen LogP contribution in [0.15, 0.2) is 23.1 Å². The number of aromatic amines is 1. The summed E-state index contributed by atoms with van der Waals surface area (Å²) in [4.78, 5) is 27.7. The predicted octanol–water partition coefficient (Wildman–Crippen LogP) is 0.760. The Morgan fingerprint density at radius 2 is 2.27 bits per heavy atom. The summed E-state index contributed by atoms with van der Waals surface area (Å²) in [5.74, 6) is -2.66. The van der Waals surface area contributed by atoms with E-state index >= 15 is 0 Å². The molecule has 0 aliphatic rings. The Morgan fingerprint density at radius 1 is 1.53 bits per heavy atom. The van der Waals surface area contributed by atoms with E-state index in [-0.39, 0.29) is 11.0 Å². The number of aromatic carboxylic acids is 1. The molecule has 2 aromatic rings. The van der Waals surface area contributed by atoms with Crippen molar-refractivity contribution in [2.45, 2.75) is 0 Å². The quantitative estimate of drug-likeness (QED) is 0.724. The van der Waals surface area contributed by atoms with E-state index in [9.17, 15) is 14.0 Å². The molecule has 0 bridgehead atoms. The van der Waals surface area contributed by atoms with Gasteiger partial charge in [0.15, 0.2) is 11.4 Å². The van der Waals surface area contributed by atoms with Gasteiger partial charge in [0, 0.05) is 6.20 Å². The summed E-state index contributed by atoms with van der Waals surface area (Å²) >= 11 is 0. The van der Waals surface area contributed by atoms with Gasteiger partial charge in [-0.05, 0) is 12.1 Å². The van der Waals surface area contributed by atoms with Gasteiger partial charge in [0.1, 0.15) is 5.65 Å². The average molecular weight is 208 g/mol. The minimum atomic E-state index is -1.60. The van der Waals surface area contributed by atoms with Crippen LogP contribution in [0.3, 0.4) is 0 Å². The summed E-state index contributed by atoms with van der Waals surface area (Å²) in [6, 6.07) is 2.80. The topological polar surface area (TPSA) is 83.0 Å². The highest BCUT2D eigenvalue weighted by Gasteiger charge is 2.18. The summed E-state index contributed by atoms with van der Waals surface area (Å²) in [5, 5.41) is 8.61. The number of carbonyl (C=O) groups is 1. The van der Waals surface area contributed by atoms with Crippen molar-refractivity contribution in [1.29, 1.82) is 0 Å². The Morgan fingerprint density at radius 3 is 2.93 bits per heavy atom. The molecule has 15 heavy (non-hydrogen) atoms. The lowest BCUT2D eigenvalue weighted by atomic mass is 10.2. The van der Waals surface area contributed by atoms with Crippen molar-refractivity contribution in [2.24, 2.45) is 0 Å². The number of pyridine rings is 2. The van der Waals surface area contributed by atoms with Gasteiger partial charge in [-0.15, -0.1) is 0 Å².